The van der Waals surface area contributed by atoms with Crippen molar-refractivity contribution in [1.82, 2.24) is 4.57 Å². The molecule has 2 heterocycles. The van der Waals surface area contributed by atoms with E-state index in [1.807, 2.05) is 36.4 Å². The van der Waals surface area contributed by atoms with Gasteiger partial charge in [0.1, 0.15) is 12.4 Å². The van der Waals surface area contributed by atoms with Gasteiger partial charge in [0.15, 0.2) is 16.3 Å². The molecule has 0 aliphatic carbocycles. The Morgan fingerprint density at radius 3 is 2.51 bits per heavy atom. The number of benzene rings is 3. The first-order valence-electron chi connectivity index (χ1n) is 14.0. The molecule has 0 saturated carbocycles. The molecule has 0 amide bonds. The number of aromatic nitrogens is 1. The predicted molar refractivity (Wildman–Crippen MR) is 164 cm³/mol. The second-order valence-electron chi connectivity index (χ2n) is 10.6. The van der Waals surface area contributed by atoms with Crippen molar-refractivity contribution < 1.29 is 23.4 Å². The zero-order valence-electron chi connectivity index (χ0n) is 24.5. The lowest BCUT2D eigenvalue weighted by Crippen LogP contribution is -2.39. The summed E-state index contributed by atoms with van der Waals surface area (Å²) in [7, 11) is 1.55. The fourth-order valence-electron chi connectivity index (χ4n) is 4.79. The van der Waals surface area contributed by atoms with E-state index in [-0.39, 0.29) is 23.6 Å². The maximum Gasteiger partial charge on any atom is 0.338 e. The maximum atomic E-state index is 13.9. The van der Waals surface area contributed by atoms with Crippen LogP contribution in [0.2, 0.25) is 0 Å². The number of methoxy groups -OCH3 is 1. The number of hydrogen-bond donors (Lipinski definition) is 0. The van der Waals surface area contributed by atoms with E-state index in [9.17, 15) is 14.0 Å². The van der Waals surface area contributed by atoms with E-state index in [0.29, 0.717) is 50.2 Å². The van der Waals surface area contributed by atoms with Crippen molar-refractivity contribution in [3.8, 4) is 11.5 Å². The number of allylic oxidation sites excluding steroid dienone is 1. The Balaban J connectivity index is 1.60. The minimum Gasteiger partial charge on any atom is -0.493 e. The van der Waals surface area contributed by atoms with Gasteiger partial charge in [0.2, 0.25) is 0 Å². The number of nitrogens with zero attached hydrogens (tertiary/aromatic N) is 2. The van der Waals surface area contributed by atoms with Gasteiger partial charge in [-0.25, -0.2) is 14.2 Å². The molecule has 0 radical (unpaired) electrons. The van der Waals surface area contributed by atoms with Crippen molar-refractivity contribution in [1.29, 1.82) is 0 Å². The molecule has 0 saturated heterocycles. The lowest BCUT2D eigenvalue weighted by atomic mass is 9.95. The molecule has 1 aromatic heterocycles. The van der Waals surface area contributed by atoms with Crippen molar-refractivity contribution in [2.45, 2.75) is 39.8 Å². The first kappa shape index (κ1) is 30.0. The van der Waals surface area contributed by atoms with Crippen LogP contribution in [0.1, 0.15) is 49.9 Å². The Labute approximate surface area is 253 Å². The third-order valence-corrected chi connectivity index (χ3v) is 8.06. The minimum atomic E-state index is -0.825. The van der Waals surface area contributed by atoms with Crippen LogP contribution in [0.25, 0.3) is 6.08 Å². The molecule has 5 rings (SSSR count). The first-order valence-corrected chi connectivity index (χ1v) is 14.9. The topological polar surface area (TPSA) is 79.1 Å². The molecule has 7 nitrogen and oxygen atoms in total. The second-order valence-corrected chi connectivity index (χ2v) is 11.6. The Bertz CT molecular complexity index is 1830. The first-order chi connectivity index (χ1) is 20.7. The van der Waals surface area contributed by atoms with Crippen LogP contribution in [0.5, 0.6) is 11.5 Å². The molecule has 1 atom stereocenters. The molecule has 222 valence electrons. The molecule has 0 bridgehead atoms. The molecule has 0 N–H and O–H groups in total. The van der Waals surface area contributed by atoms with Crippen molar-refractivity contribution in [2.24, 2.45) is 10.9 Å². The zero-order valence-corrected chi connectivity index (χ0v) is 25.3. The average molecular weight is 601 g/mol. The summed E-state index contributed by atoms with van der Waals surface area (Å²) in [6.45, 7) is 6.60. The number of fused-ring (bicyclic) bond motifs is 1. The fraction of sp³-hybridized carbons (Fsp3) is 0.265. The Hall–Kier alpha value is -4.50. The molecule has 0 spiro atoms. The van der Waals surface area contributed by atoms with Crippen molar-refractivity contribution in [2.75, 3.05) is 13.7 Å². The average Bonchev–Trinajstić information content (AvgIpc) is 3.30. The van der Waals surface area contributed by atoms with Gasteiger partial charge in [-0.05, 0) is 66.3 Å². The molecule has 43 heavy (non-hydrogen) atoms. The van der Waals surface area contributed by atoms with Gasteiger partial charge in [0.05, 0.1) is 35.6 Å². The van der Waals surface area contributed by atoms with Gasteiger partial charge in [0.25, 0.3) is 5.56 Å². The number of ether oxygens (including phenoxy) is 3. The number of carbonyl (C=O) groups excluding carboxylic acids is 1. The highest BCUT2D eigenvalue weighted by Crippen LogP contribution is 2.36. The van der Waals surface area contributed by atoms with E-state index in [1.54, 1.807) is 44.4 Å². The quantitative estimate of drug-likeness (QED) is 0.223. The summed E-state index contributed by atoms with van der Waals surface area (Å²) < 4.78 is 32.8. The Morgan fingerprint density at radius 1 is 1.07 bits per heavy atom. The van der Waals surface area contributed by atoms with Crippen LogP contribution in [0.4, 0.5) is 4.39 Å². The summed E-state index contributed by atoms with van der Waals surface area (Å²) in [4.78, 5) is 32.7. The number of thiazole rings is 1. The maximum absolute atomic E-state index is 13.9. The van der Waals surface area contributed by atoms with Crippen LogP contribution in [-0.2, 0) is 16.1 Å². The van der Waals surface area contributed by atoms with Gasteiger partial charge < -0.3 is 14.2 Å². The molecule has 9 heteroatoms. The number of esters is 1. The molecule has 3 aromatic carbocycles. The molecule has 4 aromatic rings. The second kappa shape index (κ2) is 13.2. The van der Waals surface area contributed by atoms with E-state index in [0.717, 1.165) is 12.0 Å². The molecule has 1 aliphatic rings. The van der Waals surface area contributed by atoms with E-state index >= 15 is 0 Å². The SMILES string of the molecule is COc1cc(C2C(C(=O)OCc3ccccc3)=C(C)N=c3sc(=Cc4ccc(F)cc4)c(=O)n32)ccc1OCCC(C)C. The summed E-state index contributed by atoms with van der Waals surface area (Å²) in [5.41, 5.74) is 2.54. The van der Waals surface area contributed by atoms with Gasteiger partial charge in [-0.3, -0.25) is 9.36 Å². The highest BCUT2D eigenvalue weighted by Gasteiger charge is 2.34. The fourth-order valence-corrected chi connectivity index (χ4v) is 5.83. The zero-order chi connectivity index (χ0) is 30.5. The summed E-state index contributed by atoms with van der Waals surface area (Å²) in [6, 6.07) is 19.9. The Morgan fingerprint density at radius 2 is 1.81 bits per heavy atom. The Kier molecular flexibility index (Phi) is 9.21. The van der Waals surface area contributed by atoms with Crippen LogP contribution in [0, 0.1) is 11.7 Å². The lowest BCUT2D eigenvalue weighted by molar-refractivity contribution is -0.140. The van der Waals surface area contributed by atoms with Gasteiger partial charge in [-0.1, -0.05) is 73.7 Å². The van der Waals surface area contributed by atoms with Crippen molar-refractivity contribution in [3.63, 3.8) is 0 Å². The van der Waals surface area contributed by atoms with Gasteiger partial charge >= 0.3 is 5.97 Å². The summed E-state index contributed by atoms with van der Waals surface area (Å²) in [6.07, 6.45) is 2.58. The van der Waals surface area contributed by atoms with Gasteiger partial charge in [0, 0.05) is 0 Å². The molecular weight excluding hydrogens is 567 g/mol. The summed E-state index contributed by atoms with van der Waals surface area (Å²) in [5.74, 6) is 0.613. The minimum absolute atomic E-state index is 0.0735. The summed E-state index contributed by atoms with van der Waals surface area (Å²) in [5, 5.41) is 0. The third-order valence-electron chi connectivity index (χ3n) is 7.08. The van der Waals surface area contributed by atoms with E-state index in [1.165, 1.54) is 28.0 Å². The number of halogens is 1. The highest BCUT2D eigenvalue weighted by atomic mass is 32.1. The predicted octanol–water partition coefficient (Wildman–Crippen LogP) is 5.55. The number of hydrogen-bond acceptors (Lipinski definition) is 7. The van der Waals surface area contributed by atoms with Crippen LogP contribution in [0.3, 0.4) is 0 Å². The van der Waals surface area contributed by atoms with E-state index < -0.39 is 12.0 Å². The van der Waals surface area contributed by atoms with Crippen LogP contribution in [-0.4, -0.2) is 24.3 Å². The highest BCUT2D eigenvalue weighted by molar-refractivity contribution is 7.07. The third kappa shape index (κ3) is 6.78. The van der Waals surface area contributed by atoms with Crippen molar-refractivity contribution >= 4 is 23.4 Å². The smallest absolute Gasteiger partial charge is 0.338 e. The lowest BCUT2D eigenvalue weighted by Gasteiger charge is -2.25. The normalized spacial score (nSPS) is 14.8. The van der Waals surface area contributed by atoms with E-state index in [4.69, 9.17) is 14.2 Å². The largest absolute Gasteiger partial charge is 0.493 e. The van der Waals surface area contributed by atoms with Gasteiger partial charge in [-0.15, -0.1) is 0 Å². The van der Waals surface area contributed by atoms with Gasteiger partial charge in [-0.2, -0.15) is 0 Å². The standard InChI is InChI=1S/C34H33FN2O5S/c1-21(2)16-17-41-27-15-12-25(19-28(27)40-4)31-30(33(39)42-20-24-8-6-5-7-9-24)22(3)36-34-37(31)32(38)29(43-34)18-23-10-13-26(35)14-11-23/h5-15,18-19,21,31H,16-17,20H2,1-4H3. The number of carbonyl (C=O) groups is 1. The molecule has 0 fully saturated rings. The van der Waals surface area contributed by atoms with Crippen LogP contribution < -0.4 is 24.4 Å². The molecule has 1 aliphatic heterocycles. The monoisotopic (exact) mass is 600 g/mol. The van der Waals surface area contributed by atoms with Crippen molar-refractivity contribution in [3.05, 3.63) is 126 Å². The number of rotatable bonds is 10. The van der Waals surface area contributed by atoms with E-state index in [2.05, 4.69) is 18.8 Å². The van der Waals surface area contributed by atoms with Crippen LogP contribution in [0.15, 0.2) is 93.9 Å². The summed E-state index contributed by atoms with van der Waals surface area (Å²) >= 11 is 1.21. The molecule has 1 unspecified atom stereocenters. The molecular formula is C34H33FN2O5S. The van der Waals surface area contributed by atoms with Crippen LogP contribution >= 0.6 is 11.3 Å².